The van der Waals surface area contributed by atoms with Gasteiger partial charge in [0.25, 0.3) is 0 Å². The molecular weight excluding hydrogens is 230 g/mol. The minimum atomic E-state index is -3.20. The van der Waals surface area contributed by atoms with Crippen LogP contribution in [0.3, 0.4) is 0 Å². The van der Waals surface area contributed by atoms with Gasteiger partial charge in [-0.25, -0.2) is 13.1 Å². The van der Waals surface area contributed by atoms with E-state index in [0.717, 1.165) is 25.0 Å². The Morgan fingerprint density at radius 2 is 2.00 bits per heavy atom. The molecule has 0 aromatic rings. The molecule has 0 saturated carbocycles. The number of hydrogen-bond acceptors (Lipinski definition) is 3. The Hall–Kier alpha value is 0.550. The number of unbranched alkanes of at least 4 members (excludes halogenated alkanes) is 2. The van der Waals surface area contributed by atoms with Crippen LogP contribution in [0.1, 0.15) is 19.3 Å². The van der Waals surface area contributed by atoms with Crippen molar-refractivity contribution in [3.63, 3.8) is 0 Å². The summed E-state index contributed by atoms with van der Waals surface area (Å²) in [4.78, 5) is 0. The van der Waals surface area contributed by atoms with Crippen molar-refractivity contribution >= 4 is 33.4 Å². The normalized spacial score (nSPS) is 11.8. The van der Waals surface area contributed by atoms with Crippen LogP contribution < -0.4 is 4.72 Å². The molecule has 0 rings (SSSR count). The molecule has 0 aliphatic rings. The summed E-state index contributed by atoms with van der Waals surface area (Å²) in [7, 11) is -3.20. The zero-order valence-electron chi connectivity index (χ0n) is 7.75. The van der Waals surface area contributed by atoms with E-state index in [1.165, 1.54) is 0 Å². The molecule has 0 unspecified atom stereocenters. The molecule has 0 atom stereocenters. The Morgan fingerprint density at radius 1 is 1.31 bits per heavy atom. The highest BCUT2D eigenvalue weighted by Crippen LogP contribution is 2.01. The second-order valence-corrected chi connectivity index (χ2v) is 6.05. The largest absolute Gasteiger partial charge is 0.225 e. The molecule has 80 valence electrons. The van der Waals surface area contributed by atoms with Crippen LogP contribution in [-0.4, -0.2) is 32.2 Å². The van der Waals surface area contributed by atoms with Gasteiger partial charge in [-0.15, -0.1) is 11.6 Å². The fourth-order valence-electron chi connectivity index (χ4n) is 0.814. The van der Waals surface area contributed by atoms with Gasteiger partial charge in [-0.3, -0.25) is 0 Å². The van der Waals surface area contributed by atoms with Crippen molar-refractivity contribution in [1.29, 1.82) is 0 Å². The summed E-state index contributed by atoms with van der Waals surface area (Å²) in [5, 5.41) is -0.349. The van der Waals surface area contributed by atoms with Gasteiger partial charge in [-0.2, -0.15) is 11.8 Å². The predicted molar refractivity (Wildman–Crippen MR) is 59.9 cm³/mol. The van der Waals surface area contributed by atoms with E-state index in [0.29, 0.717) is 6.54 Å². The fourth-order valence-corrected chi connectivity index (χ4v) is 2.07. The molecule has 3 nitrogen and oxygen atoms in total. The van der Waals surface area contributed by atoms with Crippen molar-refractivity contribution < 1.29 is 8.42 Å². The standard InChI is InChI=1S/C7H16ClNO2S2/c1-12-6-4-2-3-5-9-13(10,11)7-8/h9H,2-7H2,1H3. The van der Waals surface area contributed by atoms with Gasteiger partial charge in [0, 0.05) is 6.54 Å². The van der Waals surface area contributed by atoms with E-state index in [4.69, 9.17) is 11.6 Å². The van der Waals surface area contributed by atoms with Gasteiger partial charge in [-0.1, -0.05) is 6.42 Å². The lowest BCUT2D eigenvalue weighted by molar-refractivity contribution is 0.581. The van der Waals surface area contributed by atoms with Gasteiger partial charge in [0.2, 0.25) is 10.0 Å². The average Bonchev–Trinajstić information content (AvgIpc) is 2.11. The lowest BCUT2D eigenvalue weighted by Gasteiger charge is -2.02. The summed E-state index contributed by atoms with van der Waals surface area (Å²) in [6, 6.07) is 0. The lowest BCUT2D eigenvalue weighted by Crippen LogP contribution is -2.25. The quantitative estimate of drug-likeness (QED) is 0.522. The van der Waals surface area contributed by atoms with Gasteiger partial charge in [-0.05, 0) is 24.9 Å². The molecular formula is C7H16ClNO2S2. The average molecular weight is 246 g/mol. The first kappa shape index (κ1) is 13.5. The number of hydrogen-bond donors (Lipinski definition) is 1. The first-order valence-electron chi connectivity index (χ1n) is 4.14. The molecule has 0 spiro atoms. The van der Waals surface area contributed by atoms with Crippen LogP contribution in [0.25, 0.3) is 0 Å². The highest BCUT2D eigenvalue weighted by molar-refractivity contribution is 7.98. The molecule has 0 aliphatic heterocycles. The number of nitrogens with one attached hydrogen (secondary N) is 1. The third kappa shape index (κ3) is 8.87. The number of sulfonamides is 1. The van der Waals surface area contributed by atoms with Crippen molar-refractivity contribution in [2.75, 3.05) is 23.8 Å². The van der Waals surface area contributed by atoms with Gasteiger partial charge in [0.1, 0.15) is 5.21 Å². The fraction of sp³-hybridized carbons (Fsp3) is 1.00. The number of halogens is 1. The van der Waals surface area contributed by atoms with Crippen LogP contribution >= 0.6 is 23.4 Å². The number of thioether (sulfide) groups is 1. The van der Waals surface area contributed by atoms with Crippen LogP contribution in [0, 0.1) is 0 Å². The molecule has 0 heterocycles. The SMILES string of the molecule is CSCCCCCNS(=O)(=O)CCl. The van der Waals surface area contributed by atoms with E-state index in [9.17, 15) is 8.42 Å². The summed E-state index contributed by atoms with van der Waals surface area (Å²) in [5.74, 6) is 1.14. The lowest BCUT2D eigenvalue weighted by atomic mass is 10.2. The summed E-state index contributed by atoms with van der Waals surface area (Å²) in [6.07, 6.45) is 5.16. The Balaban J connectivity index is 3.26. The van der Waals surface area contributed by atoms with Crippen LogP contribution in [-0.2, 0) is 10.0 Å². The van der Waals surface area contributed by atoms with Gasteiger partial charge < -0.3 is 0 Å². The van der Waals surface area contributed by atoms with Crippen molar-refractivity contribution in [2.24, 2.45) is 0 Å². The first-order valence-corrected chi connectivity index (χ1v) is 7.72. The summed E-state index contributed by atoms with van der Waals surface area (Å²) in [5.41, 5.74) is 0. The third-order valence-electron chi connectivity index (χ3n) is 1.49. The van der Waals surface area contributed by atoms with E-state index < -0.39 is 10.0 Å². The molecule has 0 aliphatic carbocycles. The zero-order chi connectivity index (χ0) is 10.2. The number of alkyl halides is 1. The molecule has 0 fully saturated rings. The zero-order valence-corrected chi connectivity index (χ0v) is 10.1. The summed E-state index contributed by atoms with van der Waals surface area (Å²) >= 11 is 7.01. The minimum absolute atomic E-state index is 0.349. The molecule has 13 heavy (non-hydrogen) atoms. The molecule has 0 radical (unpaired) electrons. The van der Waals surface area contributed by atoms with Crippen molar-refractivity contribution in [1.82, 2.24) is 4.72 Å². The molecule has 6 heteroatoms. The third-order valence-corrected chi connectivity index (χ3v) is 3.98. The van der Waals surface area contributed by atoms with E-state index in [1.807, 2.05) is 11.8 Å². The Labute approximate surface area is 89.7 Å². The minimum Gasteiger partial charge on any atom is -0.214 e. The van der Waals surface area contributed by atoms with Crippen molar-refractivity contribution in [3.05, 3.63) is 0 Å². The van der Waals surface area contributed by atoms with Gasteiger partial charge in [0.15, 0.2) is 0 Å². The van der Waals surface area contributed by atoms with Crippen molar-refractivity contribution in [2.45, 2.75) is 19.3 Å². The predicted octanol–water partition coefficient (Wildman–Crippen LogP) is 1.64. The van der Waals surface area contributed by atoms with Crippen LogP contribution in [0.15, 0.2) is 0 Å². The maximum absolute atomic E-state index is 10.8. The Kier molecular flexibility index (Phi) is 8.24. The highest BCUT2D eigenvalue weighted by Gasteiger charge is 2.05. The molecule has 0 amide bonds. The molecule has 0 aromatic heterocycles. The first-order chi connectivity index (χ1) is 6.12. The van der Waals surface area contributed by atoms with E-state index in [2.05, 4.69) is 11.0 Å². The molecule has 0 saturated heterocycles. The molecule has 1 N–H and O–H groups in total. The summed E-state index contributed by atoms with van der Waals surface area (Å²) < 4.78 is 24.1. The van der Waals surface area contributed by atoms with E-state index >= 15 is 0 Å². The van der Waals surface area contributed by atoms with Crippen LogP contribution in [0.5, 0.6) is 0 Å². The number of rotatable bonds is 8. The maximum atomic E-state index is 10.8. The summed E-state index contributed by atoms with van der Waals surface area (Å²) in [6.45, 7) is 0.503. The monoisotopic (exact) mass is 245 g/mol. The Bertz CT molecular complexity index is 207. The molecule has 0 aromatic carbocycles. The van der Waals surface area contributed by atoms with Gasteiger partial charge >= 0.3 is 0 Å². The van der Waals surface area contributed by atoms with Crippen molar-refractivity contribution in [3.8, 4) is 0 Å². The maximum Gasteiger partial charge on any atom is 0.225 e. The smallest absolute Gasteiger partial charge is 0.214 e. The van der Waals surface area contributed by atoms with E-state index in [1.54, 1.807) is 0 Å². The second-order valence-electron chi connectivity index (χ2n) is 2.67. The van der Waals surface area contributed by atoms with Crippen LogP contribution in [0.4, 0.5) is 0 Å². The Morgan fingerprint density at radius 3 is 2.54 bits per heavy atom. The van der Waals surface area contributed by atoms with E-state index in [-0.39, 0.29) is 5.21 Å². The van der Waals surface area contributed by atoms with Gasteiger partial charge in [0.05, 0.1) is 0 Å². The molecule has 0 bridgehead atoms. The topological polar surface area (TPSA) is 46.2 Å². The highest BCUT2D eigenvalue weighted by atomic mass is 35.5. The second kappa shape index (κ2) is 7.91. The van der Waals surface area contributed by atoms with Crippen LogP contribution in [0.2, 0.25) is 0 Å².